The SMILES string of the molecule is C=CC.OCC(O)COCC(O)CO.[H-].[K+]. The largest absolute Gasteiger partial charge is 1.00 e. The topological polar surface area (TPSA) is 90.2 Å². The van der Waals surface area contributed by atoms with Gasteiger partial charge in [0.1, 0.15) is 12.2 Å². The van der Waals surface area contributed by atoms with Gasteiger partial charge in [-0.05, 0) is 6.92 Å². The van der Waals surface area contributed by atoms with Crippen molar-refractivity contribution in [1.29, 1.82) is 0 Å². The normalized spacial score (nSPS) is 12.9. The van der Waals surface area contributed by atoms with Gasteiger partial charge < -0.3 is 26.6 Å². The molecule has 0 heterocycles. The van der Waals surface area contributed by atoms with Crippen molar-refractivity contribution in [2.45, 2.75) is 19.1 Å². The van der Waals surface area contributed by atoms with Crippen LogP contribution in [0.25, 0.3) is 0 Å². The minimum Gasteiger partial charge on any atom is -1.00 e. The monoisotopic (exact) mass is 248 g/mol. The molecular weight excluding hydrogens is 227 g/mol. The van der Waals surface area contributed by atoms with Gasteiger partial charge in [-0.2, -0.15) is 0 Å². The first-order valence-corrected chi connectivity index (χ1v) is 4.34. The first-order valence-electron chi connectivity index (χ1n) is 4.34. The van der Waals surface area contributed by atoms with Crippen LogP contribution in [0.2, 0.25) is 0 Å². The molecule has 0 saturated carbocycles. The molecule has 15 heavy (non-hydrogen) atoms. The van der Waals surface area contributed by atoms with E-state index < -0.39 is 12.2 Å². The first kappa shape index (κ1) is 21.5. The summed E-state index contributed by atoms with van der Waals surface area (Å²) in [5, 5.41) is 34.1. The smallest absolute Gasteiger partial charge is 1.00 e. The molecule has 0 aromatic carbocycles. The third-order valence-corrected chi connectivity index (χ3v) is 1.04. The third kappa shape index (κ3) is 21.1. The van der Waals surface area contributed by atoms with E-state index in [9.17, 15) is 0 Å². The summed E-state index contributed by atoms with van der Waals surface area (Å²) in [5.74, 6) is 0. The summed E-state index contributed by atoms with van der Waals surface area (Å²) in [6.07, 6.45) is -0.0817. The Hall–Kier alpha value is 1.18. The molecule has 2 atom stereocenters. The summed E-state index contributed by atoms with van der Waals surface area (Å²) in [5.41, 5.74) is 0. The van der Waals surface area contributed by atoms with Crippen molar-refractivity contribution in [1.82, 2.24) is 0 Å². The maximum absolute atomic E-state index is 8.72. The van der Waals surface area contributed by atoms with Gasteiger partial charge in [-0.25, -0.2) is 0 Å². The van der Waals surface area contributed by atoms with Gasteiger partial charge in [-0.1, -0.05) is 6.08 Å². The molecule has 0 aliphatic carbocycles. The van der Waals surface area contributed by atoms with Crippen molar-refractivity contribution < 1.29 is 78.0 Å². The molecular formula is C9H21KO5. The number of hydrogen-bond acceptors (Lipinski definition) is 5. The van der Waals surface area contributed by atoms with E-state index in [4.69, 9.17) is 25.2 Å². The van der Waals surface area contributed by atoms with Gasteiger partial charge in [0.05, 0.1) is 26.4 Å². The van der Waals surface area contributed by atoms with Crippen molar-refractivity contribution in [3.8, 4) is 0 Å². The molecule has 0 fully saturated rings. The number of hydrogen-bond donors (Lipinski definition) is 4. The van der Waals surface area contributed by atoms with Gasteiger partial charge in [-0.15, -0.1) is 6.58 Å². The minimum atomic E-state index is -0.916. The van der Waals surface area contributed by atoms with E-state index in [1.807, 2.05) is 6.92 Å². The van der Waals surface area contributed by atoms with E-state index in [-0.39, 0.29) is 79.2 Å². The molecule has 0 aromatic rings. The van der Waals surface area contributed by atoms with Crippen molar-refractivity contribution in [2.24, 2.45) is 0 Å². The van der Waals surface area contributed by atoms with Crippen LogP contribution >= 0.6 is 0 Å². The van der Waals surface area contributed by atoms with Crippen molar-refractivity contribution in [3.63, 3.8) is 0 Å². The predicted molar refractivity (Wildman–Crippen MR) is 54.0 cm³/mol. The zero-order valence-electron chi connectivity index (χ0n) is 10.5. The van der Waals surface area contributed by atoms with E-state index in [1.54, 1.807) is 6.08 Å². The van der Waals surface area contributed by atoms with Crippen LogP contribution in [0, 0.1) is 0 Å². The maximum atomic E-state index is 8.72. The van der Waals surface area contributed by atoms with Crippen LogP contribution in [0.3, 0.4) is 0 Å². The molecule has 4 N–H and O–H groups in total. The Balaban J connectivity index is -0.000000129. The van der Waals surface area contributed by atoms with Crippen LogP contribution in [0.5, 0.6) is 0 Å². The van der Waals surface area contributed by atoms with Gasteiger partial charge in [0.2, 0.25) is 0 Å². The molecule has 0 radical (unpaired) electrons. The van der Waals surface area contributed by atoms with Gasteiger partial charge in [-0.3, -0.25) is 0 Å². The Morgan fingerprint density at radius 2 is 1.47 bits per heavy atom. The van der Waals surface area contributed by atoms with Crippen LogP contribution in [0.4, 0.5) is 0 Å². The second-order valence-corrected chi connectivity index (χ2v) is 2.62. The number of aliphatic hydroxyl groups is 4. The van der Waals surface area contributed by atoms with Crippen LogP contribution in [0.15, 0.2) is 12.7 Å². The molecule has 0 bridgehead atoms. The first-order chi connectivity index (χ1) is 6.62. The van der Waals surface area contributed by atoms with E-state index in [0.29, 0.717) is 0 Å². The molecule has 0 aliphatic rings. The van der Waals surface area contributed by atoms with Gasteiger partial charge in [0, 0.05) is 0 Å². The van der Waals surface area contributed by atoms with Crippen molar-refractivity contribution in [2.75, 3.05) is 26.4 Å². The molecule has 0 aromatic heterocycles. The summed E-state index contributed by atoms with van der Waals surface area (Å²) in [6.45, 7) is 4.45. The standard InChI is InChI=1S/C6H14O5.C3H6.K.H/c7-1-5(9)3-11-4-6(10)2-8;1-3-2;;/h5-10H,1-4H2;3H,1H2,2H3;;/q;;+1;-1. The van der Waals surface area contributed by atoms with E-state index in [2.05, 4.69) is 6.58 Å². The fraction of sp³-hybridized carbons (Fsp3) is 0.778. The zero-order valence-corrected chi connectivity index (χ0v) is 12.6. The summed E-state index contributed by atoms with van der Waals surface area (Å²) in [6, 6.07) is 0. The molecule has 0 spiro atoms. The molecule has 2 unspecified atom stereocenters. The van der Waals surface area contributed by atoms with E-state index in [0.717, 1.165) is 0 Å². The van der Waals surface area contributed by atoms with Crippen LogP contribution in [0.1, 0.15) is 8.35 Å². The third-order valence-electron chi connectivity index (χ3n) is 1.04. The summed E-state index contributed by atoms with van der Waals surface area (Å²) in [4.78, 5) is 0. The summed E-state index contributed by atoms with van der Waals surface area (Å²) >= 11 is 0. The Labute approximate surface area is 135 Å². The summed E-state index contributed by atoms with van der Waals surface area (Å²) in [7, 11) is 0. The van der Waals surface area contributed by atoms with Crippen molar-refractivity contribution in [3.05, 3.63) is 12.7 Å². The molecule has 0 rings (SSSR count). The Morgan fingerprint density at radius 1 is 1.20 bits per heavy atom. The predicted octanol–water partition coefficient (Wildman–Crippen LogP) is -3.98. The second-order valence-electron chi connectivity index (χ2n) is 2.62. The van der Waals surface area contributed by atoms with Gasteiger partial charge in [0.15, 0.2) is 0 Å². The second kappa shape index (κ2) is 17.6. The molecule has 6 heteroatoms. The molecule has 0 aliphatic heterocycles. The van der Waals surface area contributed by atoms with Crippen LogP contribution in [-0.2, 0) is 4.74 Å². The fourth-order valence-electron chi connectivity index (χ4n) is 0.446. The van der Waals surface area contributed by atoms with Gasteiger partial charge in [0.25, 0.3) is 0 Å². The van der Waals surface area contributed by atoms with Gasteiger partial charge >= 0.3 is 51.4 Å². The average Bonchev–Trinajstić information content (AvgIpc) is 2.18. The molecule has 0 amide bonds. The number of allylic oxidation sites excluding steroid dienone is 1. The Morgan fingerprint density at radius 3 is 1.67 bits per heavy atom. The quantitative estimate of drug-likeness (QED) is 0.284. The van der Waals surface area contributed by atoms with Crippen LogP contribution in [-0.4, -0.2) is 59.1 Å². The Kier molecular flexibility index (Phi) is 25.1. The average molecular weight is 248 g/mol. The molecule has 5 nitrogen and oxygen atoms in total. The van der Waals surface area contributed by atoms with E-state index >= 15 is 0 Å². The maximum Gasteiger partial charge on any atom is 1.00 e. The fourth-order valence-corrected chi connectivity index (χ4v) is 0.446. The zero-order chi connectivity index (χ0) is 11.4. The molecule has 88 valence electrons. The summed E-state index contributed by atoms with van der Waals surface area (Å²) < 4.78 is 4.72. The van der Waals surface area contributed by atoms with E-state index in [1.165, 1.54) is 0 Å². The minimum absolute atomic E-state index is 0. The molecule has 0 saturated heterocycles. The number of aliphatic hydroxyl groups excluding tert-OH is 4. The van der Waals surface area contributed by atoms with Crippen LogP contribution < -0.4 is 51.4 Å². The van der Waals surface area contributed by atoms with Crippen molar-refractivity contribution >= 4 is 0 Å². The Bertz CT molecular complexity index is 118. The number of rotatable bonds is 6. The number of ether oxygens (including phenoxy) is 1.